The summed E-state index contributed by atoms with van der Waals surface area (Å²) in [6, 6.07) is 7.66. The Kier molecular flexibility index (Phi) is 5.41. The molecule has 0 saturated heterocycles. The molecule has 1 N–H and O–H groups in total. The molecule has 1 aliphatic rings. The first-order chi connectivity index (χ1) is 10.5. The highest BCUT2D eigenvalue weighted by molar-refractivity contribution is 5.82. The lowest BCUT2D eigenvalue weighted by molar-refractivity contribution is -0.130. The Balaban J connectivity index is 1.73. The van der Waals surface area contributed by atoms with Gasteiger partial charge in [-0.2, -0.15) is 0 Å². The van der Waals surface area contributed by atoms with Gasteiger partial charge in [0.05, 0.1) is 7.11 Å². The number of nitrogens with one attached hydrogen (secondary N) is 1. The topological polar surface area (TPSA) is 58.6 Å². The highest BCUT2D eigenvalue weighted by Crippen LogP contribution is 2.37. The average molecular weight is 304 g/mol. The molecule has 1 fully saturated rings. The van der Waals surface area contributed by atoms with E-state index in [-0.39, 0.29) is 17.7 Å². The van der Waals surface area contributed by atoms with Crippen LogP contribution >= 0.6 is 0 Å². The van der Waals surface area contributed by atoms with Crippen LogP contribution in [0.1, 0.15) is 25.3 Å². The van der Waals surface area contributed by atoms with Crippen LogP contribution in [0, 0.1) is 11.8 Å². The molecule has 1 aromatic rings. The lowest BCUT2D eigenvalue weighted by Crippen LogP contribution is -2.32. The third-order valence-electron chi connectivity index (χ3n) is 4.06. The van der Waals surface area contributed by atoms with E-state index in [0.717, 1.165) is 17.7 Å². The Morgan fingerprint density at radius 3 is 2.77 bits per heavy atom. The Morgan fingerprint density at radius 1 is 1.41 bits per heavy atom. The van der Waals surface area contributed by atoms with Crippen molar-refractivity contribution in [3.8, 4) is 5.75 Å². The normalized spacial score (nSPS) is 19.4. The maximum absolute atomic E-state index is 12.1. The van der Waals surface area contributed by atoms with E-state index in [1.807, 2.05) is 24.3 Å². The molecule has 120 valence electrons. The Bertz CT molecular complexity index is 544. The van der Waals surface area contributed by atoms with Crippen LogP contribution in [0.4, 0.5) is 0 Å². The summed E-state index contributed by atoms with van der Waals surface area (Å²) in [5.41, 5.74) is 1.02. The van der Waals surface area contributed by atoms with Gasteiger partial charge in [0, 0.05) is 32.5 Å². The van der Waals surface area contributed by atoms with Crippen LogP contribution in [0.25, 0.3) is 0 Å². The summed E-state index contributed by atoms with van der Waals surface area (Å²) in [7, 11) is 3.39. The number of methoxy groups -OCH3 is 1. The van der Waals surface area contributed by atoms with E-state index in [1.165, 1.54) is 0 Å². The molecule has 0 heterocycles. The van der Waals surface area contributed by atoms with Gasteiger partial charge in [0.15, 0.2) is 0 Å². The van der Waals surface area contributed by atoms with Crippen molar-refractivity contribution in [1.82, 2.24) is 10.2 Å². The number of ether oxygens (including phenoxy) is 1. The second kappa shape index (κ2) is 7.29. The third kappa shape index (κ3) is 4.48. The summed E-state index contributed by atoms with van der Waals surface area (Å²) in [6.07, 6.45) is 1.29. The monoisotopic (exact) mass is 304 g/mol. The average Bonchev–Trinajstić information content (AvgIpc) is 3.24. The highest BCUT2D eigenvalue weighted by Gasteiger charge is 2.38. The Labute approximate surface area is 131 Å². The number of nitrogens with zero attached hydrogens (tertiary/aromatic N) is 1. The van der Waals surface area contributed by atoms with Crippen LogP contribution in [0.15, 0.2) is 24.3 Å². The van der Waals surface area contributed by atoms with E-state index in [9.17, 15) is 9.59 Å². The molecule has 0 aromatic heterocycles. The first-order valence-electron chi connectivity index (χ1n) is 7.66. The van der Waals surface area contributed by atoms with Gasteiger partial charge in [-0.15, -0.1) is 0 Å². The predicted octanol–water partition coefficient (Wildman–Crippen LogP) is 1.82. The smallest absolute Gasteiger partial charge is 0.224 e. The quantitative estimate of drug-likeness (QED) is 0.836. The largest absolute Gasteiger partial charge is 0.497 e. The minimum Gasteiger partial charge on any atom is -0.497 e. The number of rotatable bonds is 7. The van der Waals surface area contributed by atoms with E-state index < -0.39 is 0 Å². The summed E-state index contributed by atoms with van der Waals surface area (Å²) in [5.74, 6) is 1.53. The zero-order valence-corrected chi connectivity index (χ0v) is 13.5. The van der Waals surface area contributed by atoms with Gasteiger partial charge >= 0.3 is 0 Å². The van der Waals surface area contributed by atoms with E-state index in [1.54, 1.807) is 19.1 Å². The lowest BCUT2D eigenvalue weighted by Gasteiger charge is -2.18. The van der Waals surface area contributed by atoms with Gasteiger partial charge in [-0.05, 0) is 30.0 Å². The van der Waals surface area contributed by atoms with Gasteiger partial charge in [-0.1, -0.05) is 19.1 Å². The summed E-state index contributed by atoms with van der Waals surface area (Å²) in [4.78, 5) is 25.4. The molecule has 0 unspecified atom stereocenters. The molecule has 5 nitrogen and oxygen atoms in total. The molecule has 2 atom stereocenters. The van der Waals surface area contributed by atoms with Gasteiger partial charge in [0.1, 0.15) is 5.75 Å². The van der Waals surface area contributed by atoms with Crippen molar-refractivity contribution in [2.24, 2.45) is 11.8 Å². The molecule has 0 radical (unpaired) electrons. The van der Waals surface area contributed by atoms with Crippen LogP contribution in [0.5, 0.6) is 5.75 Å². The van der Waals surface area contributed by atoms with Crippen LogP contribution in [0.2, 0.25) is 0 Å². The van der Waals surface area contributed by atoms with Crippen molar-refractivity contribution in [1.29, 1.82) is 0 Å². The van der Waals surface area contributed by atoms with Crippen LogP contribution in [-0.4, -0.2) is 37.4 Å². The third-order valence-corrected chi connectivity index (χ3v) is 4.06. The fourth-order valence-corrected chi connectivity index (χ4v) is 2.43. The molecule has 1 aromatic carbocycles. The summed E-state index contributed by atoms with van der Waals surface area (Å²) in [5, 5.41) is 2.84. The maximum atomic E-state index is 12.1. The van der Waals surface area contributed by atoms with Crippen molar-refractivity contribution in [2.45, 2.75) is 26.3 Å². The number of benzene rings is 1. The summed E-state index contributed by atoms with van der Waals surface area (Å²) >= 11 is 0. The lowest BCUT2D eigenvalue weighted by atomic mass is 10.2. The molecule has 0 spiro atoms. The van der Waals surface area contributed by atoms with Crippen molar-refractivity contribution < 1.29 is 14.3 Å². The molecule has 0 bridgehead atoms. The molecule has 0 aliphatic heterocycles. The molecule has 5 heteroatoms. The summed E-state index contributed by atoms with van der Waals surface area (Å²) in [6.45, 7) is 3.00. The molecule has 1 saturated carbocycles. The van der Waals surface area contributed by atoms with Crippen LogP contribution < -0.4 is 10.1 Å². The fraction of sp³-hybridized carbons (Fsp3) is 0.529. The van der Waals surface area contributed by atoms with E-state index in [4.69, 9.17) is 4.74 Å². The first kappa shape index (κ1) is 16.3. The molecular weight excluding hydrogens is 280 g/mol. The zero-order valence-electron chi connectivity index (χ0n) is 13.5. The number of hydrogen-bond acceptors (Lipinski definition) is 3. The van der Waals surface area contributed by atoms with Gasteiger partial charge in [0.25, 0.3) is 0 Å². The second-order valence-electron chi connectivity index (χ2n) is 5.96. The number of carbonyl (C=O) groups is 2. The minimum atomic E-state index is 0.0203. The fourth-order valence-electron chi connectivity index (χ4n) is 2.43. The standard InChI is InChI=1S/C17H24N2O3/c1-12-9-15(12)17(21)18-8-7-16(20)19(2)11-13-5-4-6-14(10-13)22-3/h4-6,10,12,15H,7-9,11H2,1-3H3,(H,18,21)/t12-,15-/m1/s1. The van der Waals surface area contributed by atoms with Crippen molar-refractivity contribution in [2.75, 3.05) is 20.7 Å². The van der Waals surface area contributed by atoms with Gasteiger partial charge < -0.3 is 15.0 Å². The first-order valence-corrected chi connectivity index (χ1v) is 7.66. The van der Waals surface area contributed by atoms with Crippen LogP contribution in [-0.2, 0) is 16.1 Å². The number of carbonyl (C=O) groups excluding carboxylic acids is 2. The number of hydrogen-bond donors (Lipinski definition) is 1. The summed E-state index contributed by atoms with van der Waals surface area (Å²) < 4.78 is 5.17. The molecule has 2 rings (SSSR count). The van der Waals surface area contributed by atoms with E-state index in [2.05, 4.69) is 12.2 Å². The maximum Gasteiger partial charge on any atom is 0.224 e. The Morgan fingerprint density at radius 2 is 2.14 bits per heavy atom. The van der Waals surface area contributed by atoms with Crippen LogP contribution in [0.3, 0.4) is 0 Å². The SMILES string of the molecule is COc1cccc(CN(C)C(=O)CCNC(=O)[C@@H]2C[C@H]2C)c1. The molecule has 1 aliphatic carbocycles. The Hall–Kier alpha value is -2.04. The predicted molar refractivity (Wildman–Crippen MR) is 84.4 cm³/mol. The zero-order chi connectivity index (χ0) is 16.1. The van der Waals surface area contributed by atoms with Gasteiger partial charge in [-0.3, -0.25) is 9.59 Å². The van der Waals surface area contributed by atoms with Crippen molar-refractivity contribution in [3.05, 3.63) is 29.8 Å². The molecule has 2 amide bonds. The van der Waals surface area contributed by atoms with E-state index in [0.29, 0.717) is 25.4 Å². The molecule has 22 heavy (non-hydrogen) atoms. The van der Waals surface area contributed by atoms with E-state index >= 15 is 0 Å². The highest BCUT2D eigenvalue weighted by atomic mass is 16.5. The second-order valence-corrected chi connectivity index (χ2v) is 5.96. The van der Waals surface area contributed by atoms with Gasteiger partial charge in [0.2, 0.25) is 11.8 Å². The van der Waals surface area contributed by atoms with Crippen molar-refractivity contribution in [3.63, 3.8) is 0 Å². The minimum absolute atomic E-state index is 0.0203. The van der Waals surface area contributed by atoms with Crippen molar-refractivity contribution >= 4 is 11.8 Å². The molecular formula is C17H24N2O3. The number of amides is 2. The van der Waals surface area contributed by atoms with Gasteiger partial charge in [-0.25, -0.2) is 0 Å².